The number of hydrogen-bond donors (Lipinski definition) is 1. The molecule has 0 atom stereocenters. The summed E-state index contributed by atoms with van der Waals surface area (Å²) in [7, 11) is 0. The monoisotopic (exact) mass is 333 g/mol. The Morgan fingerprint density at radius 2 is 1.38 bits per heavy atom. The van der Waals surface area contributed by atoms with E-state index in [-0.39, 0.29) is 0 Å². The molecule has 0 bridgehead atoms. The van der Waals surface area contributed by atoms with Crippen molar-refractivity contribution in [2.45, 2.75) is 96.8 Å². The molecule has 24 heavy (non-hydrogen) atoms. The summed E-state index contributed by atoms with van der Waals surface area (Å²) in [6, 6.07) is 0. The van der Waals surface area contributed by atoms with Gasteiger partial charge in [-0.1, -0.05) is 76.9 Å². The van der Waals surface area contributed by atoms with Gasteiger partial charge >= 0.3 is 0 Å². The van der Waals surface area contributed by atoms with Gasteiger partial charge in [0, 0.05) is 12.7 Å². The first kappa shape index (κ1) is 20.8. The minimum absolute atomic E-state index is 1.05. The molecule has 0 aromatic rings. The van der Waals surface area contributed by atoms with Crippen molar-refractivity contribution in [2.24, 2.45) is 5.10 Å². The summed E-state index contributed by atoms with van der Waals surface area (Å²) in [5.74, 6) is 0. The van der Waals surface area contributed by atoms with Crippen LogP contribution in [0.1, 0.15) is 96.8 Å². The van der Waals surface area contributed by atoms with Gasteiger partial charge in [0.25, 0.3) is 0 Å². The molecule has 1 N–H and O–H groups in total. The summed E-state index contributed by atoms with van der Waals surface area (Å²) in [6.07, 6.45) is 29.6. The lowest BCUT2D eigenvalue weighted by Gasteiger charge is -2.20. The molecule has 3 heteroatoms. The lowest BCUT2D eigenvalue weighted by Crippen LogP contribution is -2.31. The number of nitrogens with zero attached hydrogens (tertiary/aromatic N) is 2. The van der Waals surface area contributed by atoms with E-state index in [4.69, 9.17) is 0 Å². The van der Waals surface area contributed by atoms with Crippen molar-refractivity contribution in [3.8, 4) is 0 Å². The highest BCUT2D eigenvalue weighted by Crippen LogP contribution is 2.10. The zero-order valence-electron chi connectivity index (χ0n) is 15.9. The minimum Gasteiger partial charge on any atom is -0.279 e. The Morgan fingerprint density at radius 3 is 1.96 bits per heavy atom. The highest BCUT2D eigenvalue weighted by molar-refractivity contribution is 5.70. The Kier molecular flexibility index (Phi) is 14.4. The van der Waals surface area contributed by atoms with Crippen LogP contribution in [0.4, 0.5) is 0 Å². The molecule has 0 aliphatic carbocycles. The summed E-state index contributed by atoms with van der Waals surface area (Å²) in [4.78, 5) is 0. The van der Waals surface area contributed by atoms with Crippen molar-refractivity contribution < 1.29 is 0 Å². The molecule has 3 nitrogen and oxygen atoms in total. The largest absolute Gasteiger partial charge is 0.279 e. The number of hydrazine groups is 1. The number of unbranched alkanes of at least 4 members (excludes halogenated alkanes) is 12. The van der Waals surface area contributed by atoms with Crippen molar-refractivity contribution in [3.63, 3.8) is 0 Å². The smallest absolute Gasteiger partial charge is 0.0503 e. The Bertz CT molecular complexity index is 347. The molecule has 0 saturated heterocycles. The summed E-state index contributed by atoms with van der Waals surface area (Å²) >= 11 is 0. The van der Waals surface area contributed by atoms with Gasteiger partial charge in [-0.25, -0.2) is 5.53 Å². The molecular weight excluding hydrogens is 294 g/mol. The van der Waals surface area contributed by atoms with Gasteiger partial charge < -0.3 is 0 Å². The predicted octanol–water partition coefficient (Wildman–Crippen LogP) is 6.34. The Labute approximate surface area is 150 Å². The van der Waals surface area contributed by atoms with Gasteiger partial charge in [0.15, 0.2) is 0 Å². The third-order valence-electron chi connectivity index (χ3n) is 4.52. The van der Waals surface area contributed by atoms with Crippen LogP contribution < -0.4 is 5.53 Å². The predicted molar refractivity (Wildman–Crippen MR) is 107 cm³/mol. The van der Waals surface area contributed by atoms with Crippen LogP contribution in [0.3, 0.4) is 0 Å². The van der Waals surface area contributed by atoms with E-state index in [1.807, 2.05) is 12.3 Å². The van der Waals surface area contributed by atoms with E-state index in [9.17, 15) is 0 Å². The number of rotatable bonds is 16. The molecule has 0 unspecified atom stereocenters. The topological polar surface area (TPSA) is 27.6 Å². The molecule has 0 fully saturated rings. The average molecular weight is 334 g/mol. The number of hydrogen-bond acceptors (Lipinski definition) is 3. The van der Waals surface area contributed by atoms with E-state index in [0.717, 1.165) is 6.54 Å². The van der Waals surface area contributed by atoms with Crippen LogP contribution >= 0.6 is 0 Å². The number of allylic oxidation sites excluding steroid dienone is 3. The quantitative estimate of drug-likeness (QED) is 0.263. The number of nitrogens with one attached hydrogen (secondary N) is 1. The van der Waals surface area contributed by atoms with Crippen LogP contribution in [0.25, 0.3) is 0 Å². The summed E-state index contributed by atoms with van der Waals surface area (Å²) < 4.78 is 0. The average Bonchev–Trinajstić information content (AvgIpc) is 2.62. The first-order valence-corrected chi connectivity index (χ1v) is 10.3. The lowest BCUT2D eigenvalue weighted by molar-refractivity contribution is 0.267. The van der Waals surface area contributed by atoms with Gasteiger partial charge in [-0.05, 0) is 38.2 Å². The van der Waals surface area contributed by atoms with Gasteiger partial charge in [-0.2, -0.15) is 5.10 Å². The molecule has 0 amide bonds. The van der Waals surface area contributed by atoms with Crippen LogP contribution in [0.15, 0.2) is 29.5 Å². The highest BCUT2D eigenvalue weighted by Gasteiger charge is 1.98. The molecule has 0 aromatic carbocycles. The Hall–Kier alpha value is -1.25. The van der Waals surface area contributed by atoms with Crippen LogP contribution in [0, 0.1) is 0 Å². The summed E-state index contributed by atoms with van der Waals surface area (Å²) in [6.45, 7) is 3.33. The molecule has 138 valence electrons. The normalized spacial score (nSPS) is 13.8. The zero-order valence-corrected chi connectivity index (χ0v) is 15.9. The van der Waals surface area contributed by atoms with Crippen LogP contribution in [0.2, 0.25) is 0 Å². The second kappa shape index (κ2) is 16.6. The molecule has 0 radical (unpaired) electrons. The van der Waals surface area contributed by atoms with E-state index < -0.39 is 0 Å². The minimum atomic E-state index is 1.05. The molecule has 1 rings (SSSR count). The van der Waals surface area contributed by atoms with E-state index in [2.05, 4.69) is 34.7 Å². The third kappa shape index (κ3) is 13.2. The van der Waals surface area contributed by atoms with E-state index >= 15 is 0 Å². The van der Waals surface area contributed by atoms with Gasteiger partial charge in [-0.3, -0.25) is 5.01 Å². The van der Waals surface area contributed by atoms with Gasteiger partial charge in [0.1, 0.15) is 0 Å². The molecule has 1 aliphatic rings. The first-order chi connectivity index (χ1) is 11.9. The van der Waals surface area contributed by atoms with E-state index in [1.165, 1.54) is 89.9 Å². The maximum atomic E-state index is 4.01. The zero-order chi connectivity index (χ0) is 17.1. The van der Waals surface area contributed by atoms with Crippen LogP contribution in [-0.4, -0.2) is 17.8 Å². The second-order valence-corrected chi connectivity index (χ2v) is 6.85. The third-order valence-corrected chi connectivity index (χ3v) is 4.52. The van der Waals surface area contributed by atoms with Crippen molar-refractivity contribution in [2.75, 3.05) is 6.54 Å². The van der Waals surface area contributed by atoms with Crippen LogP contribution in [0.5, 0.6) is 0 Å². The van der Waals surface area contributed by atoms with Gasteiger partial charge in [-0.15, -0.1) is 0 Å². The fourth-order valence-electron chi connectivity index (χ4n) is 2.98. The maximum absolute atomic E-state index is 4.01. The molecule has 1 heterocycles. The van der Waals surface area contributed by atoms with Crippen molar-refractivity contribution in [1.82, 2.24) is 10.5 Å². The Morgan fingerprint density at radius 1 is 0.792 bits per heavy atom. The molecule has 0 saturated carbocycles. The van der Waals surface area contributed by atoms with Gasteiger partial charge in [0.2, 0.25) is 0 Å². The first-order valence-electron chi connectivity index (χ1n) is 10.3. The van der Waals surface area contributed by atoms with Crippen molar-refractivity contribution >= 4 is 6.21 Å². The molecular formula is C21H39N3. The number of hydrazone groups is 1. The standard InChI is InChI=1S/C21H39N3/c1-2-3-4-5-6-7-8-9-10-11-12-13-14-15-16-17-20-24-21-18-19-22-23-24/h9-10,18-19,21,23H,2-8,11-17,20H2,1H3/b10-9-. The van der Waals surface area contributed by atoms with Crippen molar-refractivity contribution in [1.29, 1.82) is 0 Å². The fraction of sp³-hybridized carbons (Fsp3) is 0.762. The SMILES string of the molecule is CCCCCCCC/C=C\CCCCCCCCN1C=CC=NN1. The van der Waals surface area contributed by atoms with Crippen molar-refractivity contribution in [3.05, 3.63) is 24.4 Å². The maximum Gasteiger partial charge on any atom is 0.0503 e. The van der Waals surface area contributed by atoms with Crippen LogP contribution in [-0.2, 0) is 0 Å². The highest BCUT2D eigenvalue weighted by atomic mass is 15.6. The molecule has 1 aliphatic heterocycles. The molecule has 0 spiro atoms. The molecule has 0 aromatic heterocycles. The van der Waals surface area contributed by atoms with E-state index in [1.54, 1.807) is 6.21 Å². The lowest BCUT2D eigenvalue weighted by atomic mass is 10.1. The Balaban J connectivity index is 1.73. The van der Waals surface area contributed by atoms with Gasteiger partial charge in [0.05, 0.1) is 6.21 Å². The second-order valence-electron chi connectivity index (χ2n) is 6.85. The summed E-state index contributed by atoms with van der Waals surface area (Å²) in [5, 5.41) is 6.06. The fourth-order valence-corrected chi connectivity index (χ4v) is 2.98. The summed E-state index contributed by atoms with van der Waals surface area (Å²) in [5.41, 5.74) is 2.98. The van der Waals surface area contributed by atoms with E-state index in [0.29, 0.717) is 0 Å².